The number of esters is 1. The van der Waals surface area contributed by atoms with Crippen molar-refractivity contribution < 1.29 is 19.7 Å². The predicted molar refractivity (Wildman–Crippen MR) is 56.0 cm³/mol. The average molecular weight is 234 g/mol. The van der Waals surface area contributed by atoms with Gasteiger partial charge < -0.3 is 20.7 Å². The SMILES string of the molecule is COC(=O)[C@H](N)c1cccc(O)c1O.Cl. The van der Waals surface area contributed by atoms with Gasteiger partial charge in [-0.2, -0.15) is 0 Å². The first kappa shape index (κ1) is 13.5. The number of carbonyl (C=O) groups is 1. The van der Waals surface area contributed by atoms with Crippen LogP contribution in [0.3, 0.4) is 0 Å². The van der Waals surface area contributed by atoms with E-state index in [2.05, 4.69) is 4.74 Å². The number of nitrogens with two attached hydrogens (primary N) is 1. The minimum Gasteiger partial charge on any atom is -0.504 e. The maximum absolute atomic E-state index is 11.0. The Kier molecular flexibility index (Phi) is 4.90. The highest BCUT2D eigenvalue weighted by Crippen LogP contribution is 2.31. The number of ether oxygens (including phenoxy) is 1. The Labute approximate surface area is 92.9 Å². The largest absolute Gasteiger partial charge is 0.504 e. The summed E-state index contributed by atoms with van der Waals surface area (Å²) in [4.78, 5) is 11.0. The van der Waals surface area contributed by atoms with Gasteiger partial charge in [0.15, 0.2) is 11.5 Å². The Balaban J connectivity index is 0.00000196. The number of halogens is 1. The number of hydrogen-bond acceptors (Lipinski definition) is 5. The van der Waals surface area contributed by atoms with Crippen molar-refractivity contribution >= 4 is 18.4 Å². The zero-order chi connectivity index (χ0) is 10.7. The smallest absolute Gasteiger partial charge is 0.327 e. The molecule has 5 nitrogen and oxygen atoms in total. The Bertz CT molecular complexity index is 356. The van der Waals surface area contributed by atoms with Crippen LogP contribution in [0.5, 0.6) is 11.5 Å². The van der Waals surface area contributed by atoms with Crippen LogP contribution in [-0.4, -0.2) is 23.3 Å². The number of phenolic OH excluding ortho intramolecular Hbond substituents is 2. The van der Waals surface area contributed by atoms with Gasteiger partial charge in [-0.25, -0.2) is 0 Å². The normalized spacial score (nSPS) is 11.3. The minimum atomic E-state index is -1.09. The molecular weight excluding hydrogens is 222 g/mol. The van der Waals surface area contributed by atoms with E-state index in [0.717, 1.165) is 0 Å². The van der Waals surface area contributed by atoms with E-state index in [-0.39, 0.29) is 23.7 Å². The number of phenols is 2. The first-order chi connectivity index (χ1) is 6.57. The van der Waals surface area contributed by atoms with E-state index >= 15 is 0 Å². The molecule has 1 atom stereocenters. The minimum absolute atomic E-state index is 0. The molecule has 0 aromatic heterocycles. The van der Waals surface area contributed by atoms with E-state index in [4.69, 9.17) is 10.8 Å². The summed E-state index contributed by atoms with van der Waals surface area (Å²) < 4.78 is 4.40. The van der Waals surface area contributed by atoms with Crippen LogP contribution in [0, 0.1) is 0 Å². The number of hydrogen-bond donors (Lipinski definition) is 3. The Morgan fingerprint density at radius 3 is 2.60 bits per heavy atom. The van der Waals surface area contributed by atoms with Gasteiger partial charge in [0.05, 0.1) is 7.11 Å². The van der Waals surface area contributed by atoms with Crippen LogP contribution in [0.15, 0.2) is 18.2 Å². The molecule has 0 bridgehead atoms. The Morgan fingerprint density at radius 1 is 1.47 bits per heavy atom. The Morgan fingerprint density at radius 2 is 2.07 bits per heavy atom. The topological polar surface area (TPSA) is 92.8 Å². The number of methoxy groups -OCH3 is 1. The van der Waals surface area contributed by atoms with E-state index in [1.165, 1.54) is 25.3 Å². The average Bonchev–Trinajstić information content (AvgIpc) is 2.20. The quantitative estimate of drug-likeness (QED) is 0.516. The summed E-state index contributed by atoms with van der Waals surface area (Å²) in [5, 5.41) is 18.5. The van der Waals surface area contributed by atoms with E-state index in [0.29, 0.717) is 0 Å². The fourth-order valence-electron chi connectivity index (χ4n) is 1.05. The Hall–Kier alpha value is -1.46. The van der Waals surface area contributed by atoms with Crippen molar-refractivity contribution in [2.45, 2.75) is 6.04 Å². The van der Waals surface area contributed by atoms with Crippen molar-refractivity contribution in [3.05, 3.63) is 23.8 Å². The standard InChI is InChI=1S/C9H11NO4.ClH/c1-14-9(13)7(10)5-3-2-4-6(11)8(5)12;/h2-4,7,11-12H,10H2,1H3;1H/t7-;/m1./s1. The molecule has 0 amide bonds. The lowest BCUT2D eigenvalue weighted by atomic mass is 10.1. The maximum atomic E-state index is 11.0. The summed E-state index contributed by atoms with van der Waals surface area (Å²) in [6.45, 7) is 0. The number of carbonyl (C=O) groups excluding carboxylic acids is 1. The fraction of sp³-hybridized carbons (Fsp3) is 0.222. The molecule has 1 aromatic carbocycles. The zero-order valence-electron chi connectivity index (χ0n) is 8.01. The number of rotatable bonds is 2. The van der Waals surface area contributed by atoms with Crippen LogP contribution in [0.25, 0.3) is 0 Å². The van der Waals surface area contributed by atoms with E-state index in [9.17, 15) is 9.90 Å². The highest BCUT2D eigenvalue weighted by Gasteiger charge is 2.20. The molecule has 4 N–H and O–H groups in total. The summed E-state index contributed by atoms with van der Waals surface area (Å²) in [6.07, 6.45) is 0. The zero-order valence-corrected chi connectivity index (χ0v) is 8.82. The molecule has 0 aliphatic heterocycles. The molecule has 0 aliphatic rings. The predicted octanol–water partition coefficient (Wildman–Crippen LogP) is 0.692. The van der Waals surface area contributed by atoms with E-state index < -0.39 is 17.8 Å². The van der Waals surface area contributed by atoms with Crippen molar-refractivity contribution in [1.82, 2.24) is 0 Å². The third kappa shape index (κ3) is 2.74. The van der Waals surface area contributed by atoms with Crippen LogP contribution in [0.4, 0.5) is 0 Å². The van der Waals surface area contributed by atoms with Crippen molar-refractivity contribution in [1.29, 1.82) is 0 Å². The monoisotopic (exact) mass is 233 g/mol. The van der Waals surface area contributed by atoms with Gasteiger partial charge in [0.25, 0.3) is 0 Å². The van der Waals surface area contributed by atoms with Gasteiger partial charge in [0, 0.05) is 5.56 Å². The van der Waals surface area contributed by atoms with Crippen LogP contribution < -0.4 is 5.73 Å². The molecule has 0 aliphatic carbocycles. The van der Waals surface area contributed by atoms with Crippen molar-refractivity contribution in [2.24, 2.45) is 5.73 Å². The number of para-hydroxylation sites is 1. The molecule has 1 aromatic rings. The second-order valence-corrected chi connectivity index (χ2v) is 2.72. The molecule has 6 heteroatoms. The fourth-order valence-corrected chi connectivity index (χ4v) is 1.05. The van der Waals surface area contributed by atoms with Gasteiger partial charge in [-0.05, 0) is 6.07 Å². The van der Waals surface area contributed by atoms with Crippen molar-refractivity contribution in [2.75, 3.05) is 7.11 Å². The second-order valence-electron chi connectivity index (χ2n) is 2.72. The summed E-state index contributed by atoms with van der Waals surface area (Å²) >= 11 is 0. The molecule has 0 radical (unpaired) electrons. The summed E-state index contributed by atoms with van der Waals surface area (Å²) in [5.74, 6) is -1.39. The van der Waals surface area contributed by atoms with Crippen LogP contribution in [-0.2, 0) is 9.53 Å². The molecule has 0 saturated heterocycles. The molecular formula is C9H12ClNO4. The van der Waals surface area contributed by atoms with Crippen LogP contribution in [0.2, 0.25) is 0 Å². The van der Waals surface area contributed by atoms with E-state index in [1.807, 2.05) is 0 Å². The lowest BCUT2D eigenvalue weighted by Crippen LogP contribution is -2.22. The van der Waals surface area contributed by atoms with Gasteiger partial charge in [-0.15, -0.1) is 12.4 Å². The van der Waals surface area contributed by atoms with Crippen LogP contribution >= 0.6 is 12.4 Å². The van der Waals surface area contributed by atoms with Gasteiger partial charge in [0.1, 0.15) is 6.04 Å². The molecule has 0 spiro atoms. The molecule has 0 unspecified atom stereocenters. The molecule has 0 heterocycles. The highest BCUT2D eigenvalue weighted by atomic mass is 35.5. The van der Waals surface area contributed by atoms with Crippen LogP contribution in [0.1, 0.15) is 11.6 Å². The van der Waals surface area contributed by atoms with Gasteiger partial charge in [-0.1, -0.05) is 12.1 Å². The molecule has 0 saturated carbocycles. The van der Waals surface area contributed by atoms with Crippen molar-refractivity contribution in [3.8, 4) is 11.5 Å². The van der Waals surface area contributed by atoms with Gasteiger partial charge in [-0.3, -0.25) is 4.79 Å². The third-order valence-corrected chi connectivity index (χ3v) is 1.84. The lowest BCUT2D eigenvalue weighted by Gasteiger charge is -2.11. The highest BCUT2D eigenvalue weighted by molar-refractivity contribution is 5.85. The van der Waals surface area contributed by atoms with E-state index in [1.54, 1.807) is 0 Å². The third-order valence-electron chi connectivity index (χ3n) is 1.84. The van der Waals surface area contributed by atoms with Gasteiger partial charge in [0.2, 0.25) is 0 Å². The molecule has 15 heavy (non-hydrogen) atoms. The molecule has 84 valence electrons. The first-order valence-corrected chi connectivity index (χ1v) is 3.92. The molecule has 0 fully saturated rings. The first-order valence-electron chi connectivity index (χ1n) is 3.92. The number of benzene rings is 1. The van der Waals surface area contributed by atoms with Gasteiger partial charge >= 0.3 is 5.97 Å². The second kappa shape index (κ2) is 5.43. The van der Waals surface area contributed by atoms with Crippen molar-refractivity contribution in [3.63, 3.8) is 0 Å². The lowest BCUT2D eigenvalue weighted by molar-refractivity contribution is -0.142. The summed E-state index contributed by atoms with van der Waals surface area (Å²) in [7, 11) is 1.20. The summed E-state index contributed by atoms with van der Waals surface area (Å²) in [5.41, 5.74) is 5.61. The summed E-state index contributed by atoms with van der Waals surface area (Å²) in [6, 6.07) is 3.12. The molecule has 1 rings (SSSR count). The maximum Gasteiger partial charge on any atom is 0.327 e. The number of aromatic hydroxyl groups is 2.